The summed E-state index contributed by atoms with van der Waals surface area (Å²) in [6.45, 7) is 2.22. The fourth-order valence-corrected chi connectivity index (χ4v) is 2.64. The molecule has 1 aliphatic heterocycles. The first-order chi connectivity index (χ1) is 5.27. The number of hydrogen-bond donors (Lipinski definition) is 1. The average Bonchev–Trinajstić information content (AvgIpc) is 1.92. The summed E-state index contributed by atoms with van der Waals surface area (Å²) in [5.74, 6) is 1.15. The van der Waals surface area contributed by atoms with E-state index in [-0.39, 0.29) is 6.10 Å². The zero-order valence-corrected chi connectivity index (χ0v) is 7.16. The molecule has 1 saturated carbocycles. The fourth-order valence-electron chi connectivity index (χ4n) is 2.64. The third kappa shape index (κ3) is 1.30. The maximum absolute atomic E-state index is 9.78. The number of piperidine rings is 1. The molecular formula is C9H17NO. The molecule has 0 aromatic carbocycles. The zero-order chi connectivity index (χ0) is 7.84. The Balaban J connectivity index is 2.07. The molecule has 1 saturated heterocycles. The average molecular weight is 155 g/mol. The van der Waals surface area contributed by atoms with E-state index >= 15 is 0 Å². The summed E-state index contributed by atoms with van der Waals surface area (Å²) in [4.78, 5) is 2.36. The lowest BCUT2D eigenvalue weighted by atomic mass is 9.75. The van der Waals surface area contributed by atoms with Gasteiger partial charge >= 0.3 is 0 Å². The van der Waals surface area contributed by atoms with Crippen LogP contribution in [0.15, 0.2) is 0 Å². The first kappa shape index (κ1) is 7.56. The minimum absolute atomic E-state index is 0.0138. The molecule has 0 aromatic heterocycles. The highest BCUT2D eigenvalue weighted by atomic mass is 16.3. The lowest BCUT2D eigenvalue weighted by molar-refractivity contribution is -0.0419. The topological polar surface area (TPSA) is 23.5 Å². The van der Waals surface area contributed by atoms with E-state index in [4.69, 9.17) is 0 Å². The van der Waals surface area contributed by atoms with Crippen molar-refractivity contribution in [3.63, 3.8) is 0 Å². The van der Waals surface area contributed by atoms with Gasteiger partial charge in [0.05, 0.1) is 6.10 Å². The van der Waals surface area contributed by atoms with Crippen LogP contribution in [0.2, 0.25) is 0 Å². The highest BCUT2D eigenvalue weighted by molar-refractivity contribution is 4.89. The van der Waals surface area contributed by atoms with Crippen LogP contribution in [0.1, 0.15) is 19.3 Å². The third-order valence-corrected chi connectivity index (χ3v) is 3.21. The maximum Gasteiger partial charge on any atom is 0.0620 e. The van der Waals surface area contributed by atoms with Gasteiger partial charge in [-0.05, 0) is 31.7 Å². The van der Waals surface area contributed by atoms with Gasteiger partial charge in [0.25, 0.3) is 0 Å². The molecule has 2 nitrogen and oxygen atoms in total. The van der Waals surface area contributed by atoms with Crippen molar-refractivity contribution in [3.05, 3.63) is 0 Å². The summed E-state index contributed by atoms with van der Waals surface area (Å²) in [7, 11) is 2.16. The van der Waals surface area contributed by atoms with Crippen molar-refractivity contribution >= 4 is 0 Å². The third-order valence-electron chi connectivity index (χ3n) is 3.21. The molecule has 0 radical (unpaired) electrons. The van der Waals surface area contributed by atoms with E-state index in [2.05, 4.69) is 11.9 Å². The van der Waals surface area contributed by atoms with Crippen LogP contribution in [-0.4, -0.2) is 36.2 Å². The number of fused-ring (bicyclic) bond motifs is 2. The second-order valence-corrected chi connectivity index (χ2v) is 4.16. The maximum atomic E-state index is 9.78. The number of aliphatic hydroxyl groups excluding tert-OH is 1. The molecule has 2 aliphatic rings. The first-order valence-electron chi connectivity index (χ1n) is 4.64. The first-order valence-corrected chi connectivity index (χ1v) is 4.64. The molecule has 3 atom stereocenters. The van der Waals surface area contributed by atoms with Crippen LogP contribution in [0.3, 0.4) is 0 Å². The van der Waals surface area contributed by atoms with Crippen LogP contribution in [-0.2, 0) is 0 Å². The standard InChI is InChI=1S/C9H17NO/c1-10-5-7-3-2-4-8(6-10)9(7)11/h7-9,11H,2-6H2,1H3/t7-,8?,9?/m0/s1. The summed E-state index contributed by atoms with van der Waals surface area (Å²) in [6.07, 6.45) is 3.82. The van der Waals surface area contributed by atoms with E-state index in [1.807, 2.05) is 0 Å². The molecule has 0 spiro atoms. The molecule has 2 rings (SSSR count). The quantitative estimate of drug-likeness (QED) is 0.557. The number of nitrogens with zero attached hydrogens (tertiary/aromatic N) is 1. The van der Waals surface area contributed by atoms with Crippen LogP contribution < -0.4 is 0 Å². The van der Waals surface area contributed by atoms with Gasteiger partial charge < -0.3 is 10.0 Å². The van der Waals surface area contributed by atoms with E-state index in [0.717, 1.165) is 13.1 Å². The molecule has 2 bridgehead atoms. The number of likely N-dealkylation sites (tertiary alicyclic amines) is 1. The van der Waals surface area contributed by atoms with Crippen molar-refractivity contribution in [2.75, 3.05) is 20.1 Å². The summed E-state index contributed by atoms with van der Waals surface area (Å²) in [5.41, 5.74) is 0. The highest BCUT2D eigenvalue weighted by Gasteiger charge is 2.36. The van der Waals surface area contributed by atoms with Gasteiger partial charge in [-0.2, -0.15) is 0 Å². The second kappa shape index (κ2) is 2.76. The smallest absolute Gasteiger partial charge is 0.0620 e. The Morgan fingerprint density at radius 2 is 1.73 bits per heavy atom. The van der Waals surface area contributed by atoms with Crippen molar-refractivity contribution in [1.29, 1.82) is 0 Å². The van der Waals surface area contributed by atoms with Gasteiger partial charge in [-0.15, -0.1) is 0 Å². The second-order valence-electron chi connectivity index (χ2n) is 4.16. The molecule has 0 aromatic rings. The van der Waals surface area contributed by atoms with E-state index < -0.39 is 0 Å². The summed E-state index contributed by atoms with van der Waals surface area (Å²) >= 11 is 0. The van der Waals surface area contributed by atoms with E-state index in [0.29, 0.717) is 11.8 Å². The minimum atomic E-state index is 0.0138. The molecular weight excluding hydrogens is 138 g/mol. The van der Waals surface area contributed by atoms with Gasteiger partial charge in [-0.25, -0.2) is 0 Å². The SMILES string of the molecule is CN1CC2CCC[C@@H](C1)C2O. The zero-order valence-electron chi connectivity index (χ0n) is 7.16. The Kier molecular flexibility index (Phi) is 1.90. The van der Waals surface area contributed by atoms with Gasteiger partial charge in [0.1, 0.15) is 0 Å². The van der Waals surface area contributed by atoms with Gasteiger partial charge in [0, 0.05) is 13.1 Å². The monoisotopic (exact) mass is 155 g/mol. The lowest BCUT2D eigenvalue weighted by Gasteiger charge is -2.43. The summed E-state index contributed by atoms with van der Waals surface area (Å²) in [6, 6.07) is 0. The highest BCUT2D eigenvalue weighted by Crippen LogP contribution is 2.33. The van der Waals surface area contributed by atoms with Crippen molar-refractivity contribution in [2.24, 2.45) is 11.8 Å². The van der Waals surface area contributed by atoms with Crippen LogP contribution >= 0.6 is 0 Å². The predicted molar refractivity (Wildman–Crippen MR) is 44.3 cm³/mol. The Bertz CT molecular complexity index is 134. The fraction of sp³-hybridized carbons (Fsp3) is 1.00. The van der Waals surface area contributed by atoms with Crippen molar-refractivity contribution in [3.8, 4) is 0 Å². The number of rotatable bonds is 0. The summed E-state index contributed by atoms with van der Waals surface area (Å²) in [5, 5.41) is 9.78. The Hall–Kier alpha value is -0.0800. The molecule has 2 unspecified atom stereocenters. The van der Waals surface area contributed by atoms with Crippen molar-refractivity contribution < 1.29 is 5.11 Å². The Labute approximate surface area is 68.2 Å². The van der Waals surface area contributed by atoms with E-state index in [9.17, 15) is 5.11 Å². The van der Waals surface area contributed by atoms with Crippen LogP contribution in [0.5, 0.6) is 0 Å². The van der Waals surface area contributed by atoms with E-state index in [1.54, 1.807) is 0 Å². The predicted octanol–water partition coefficient (Wildman–Crippen LogP) is 0.709. The molecule has 11 heavy (non-hydrogen) atoms. The number of hydrogen-bond acceptors (Lipinski definition) is 2. The van der Waals surface area contributed by atoms with Gasteiger partial charge in [0.2, 0.25) is 0 Å². The summed E-state index contributed by atoms with van der Waals surface area (Å²) < 4.78 is 0. The molecule has 1 aliphatic carbocycles. The Morgan fingerprint density at radius 3 is 2.27 bits per heavy atom. The molecule has 0 amide bonds. The lowest BCUT2D eigenvalue weighted by Crippen LogP contribution is -2.49. The van der Waals surface area contributed by atoms with Crippen LogP contribution in [0, 0.1) is 11.8 Å². The van der Waals surface area contributed by atoms with E-state index in [1.165, 1.54) is 19.3 Å². The van der Waals surface area contributed by atoms with Crippen molar-refractivity contribution in [2.45, 2.75) is 25.4 Å². The Morgan fingerprint density at radius 1 is 1.18 bits per heavy atom. The van der Waals surface area contributed by atoms with Gasteiger partial charge in [0.15, 0.2) is 0 Å². The number of aliphatic hydroxyl groups is 1. The minimum Gasteiger partial charge on any atom is -0.392 e. The molecule has 1 heterocycles. The largest absolute Gasteiger partial charge is 0.392 e. The molecule has 2 heteroatoms. The van der Waals surface area contributed by atoms with Gasteiger partial charge in [-0.3, -0.25) is 0 Å². The van der Waals surface area contributed by atoms with Gasteiger partial charge in [-0.1, -0.05) is 6.42 Å². The molecule has 1 N–H and O–H groups in total. The van der Waals surface area contributed by atoms with Crippen LogP contribution in [0.25, 0.3) is 0 Å². The molecule has 64 valence electrons. The van der Waals surface area contributed by atoms with Crippen LogP contribution in [0.4, 0.5) is 0 Å². The normalized spacial score (nSPS) is 45.8. The molecule has 2 fully saturated rings. The van der Waals surface area contributed by atoms with Crippen molar-refractivity contribution in [1.82, 2.24) is 4.90 Å².